The van der Waals surface area contributed by atoms with Crippen LogP contribution in [0.5, 0.6) is 0 Å². The molecule has 0 saturated heterocycles. The van der Waals surface area contributed by atoms with Crippen molar-refractivity contribution in [3.63, 3.8) is 0 Å². The SMILES string of the molecule is O=C(O)CCCC(=O)Nc1ccc(-c2cnc[nH]2)cc1. The molecule has 1 aromatic heterocycles. The van der Waals surface area contributed by atoms with Crippen LogP contribution in [-0.2, 0) is 9.59 Å². The molecule has 6 heteroatoms. The molecular formula is C14H15N3O3. The first-order valence-corrected chi connectivity index (χ1v) is 6.25. The van der Waals surface area contributed by atoms with Crippen molar-refractivity contribution >= 4 is 17.6 Å². The van der Waals surface area contributed by atoms with E-state index in [9.17, 15) is 9.59 Å². The van der Waals surface area contributed by atoms with Gasteiger partial charge < -0.3 is 15.4 Å². The van der Waals surface area contributed by atoms with Gasteiger partial charge in [-0.05, 0) is 24.1 Å². The van der Waals surface area contributed by atoms with Crippen molar-refractivity contribution in [2.45, 2.75) is 19.3 Å². The molecule has 20 heavy (non-hydrogen) atoms. The zero-order valence-corrected chi connectivity index (χ0v) is 10.8. The second-order valence-corrected chi connectivity index (χ2v) is 4.34. The van der Waals surface area contributed by atoms with Crippen LogP contribution >= 0.6 is 0 Å². The molecule has 104 valence electrons. The summed E-state index contributed by atoms with van der Waals surface area (Å²) >= 11 is 0. The van der Waals surface area contributed by atoms with Gasteiger partial charge in [0.15, 0.2) is 0 Å². The van der Waals surface area contributed by atoms with Gasteiger partial charge in [-0.25, -0.2) is 4.98 Å². The average Bonchev–Trinajstić information content (AvgIpc) is 2.93. The average molecular weight is 273 g/mol. The van der Waals surface area contributed by atoms with E-state index < -0.39 is 5.97 Å². The Morgan fingerprint density at radius 1 is 1.20 bits per heavy atom. The van der Waals surface area contributed by atoms with E-state index in [1.807, 2.05) is 12.1 Å². The molecule has 0 fully saturated rings. The van der Waals surface area contributed by atoms with Crippen LogP contribution in [0.15, 0.2) is 36.8 Å². The Morgan fingerprint density at radius 2 is 1.95 bits per heavy atom. The number of H-pyrrole nitrogens is 1. The molecule has 1 aromatic carbocycles. The largest absolute Gasteiger partial charge is 0.481 e. The van der Waals surface area contributed by atoms with Crippen molar-refractivity contribution in [3.8, 4) is 11.3 Å². The minimum atomic E-state index is -0.887. The van der Waals surface area contributed by atoms with E-state index in [0.717, 1.165) is 11.3 Å². The van der Waals surface area contributed by atoms with Crippen LogP contribution in [0.25, 0.3) is 11.3 Å². The first-order valence-electron chi connectivity index (χ1n) is 6.25. The Morgan fingerprint density at radius 3 is 2.55 bits per heavy atom. The summed E-state index contributed by atoms with van der Waals surface area (Å²) < 4.78 is 0. The van der Waals surface area contributed by atoms with E-state index in [1.165, 1.54) is 0 Å². The summed E-state index contributed by atoms with van der Waals surface area (Å²) in [4.78, 5) is 28.9. The number of anilines is 1. The predicted molar refractivity (Wildman–Crippen MR) is 74.1 cm³/mol. The summed E-state index contributed by atoms with van der Waals surface area (Å²) in [6, 6.07) is 7.34. The highest BCUT2D eigenvalue weighted by Gasteiger charge is 2.05. The topological polar surface area (TPSA) is 95.1 Å². The number of hydrogen-bond acceptors (Lipinski definition) is 3. The van der Waals surface area contributed by atoms with Crippen molar-refractivity contribution < 1.29 is 14.7 Å². The lowest BCUT2D eigenvalue weighted by molar-refractivity contribution is -0.137. The Kier molecular flexibility index (Phi) is 4.49. The number of carboxylic acid groups (broad SMARTS) is 1. The molecule has 1 heterocycles. The quantitative estimate of drug-likeness (QED) is 0.752. The van der Waals surface area contributed by atoms with E-state index >= 15 is 0 Å². The zero-order valence-electron chi connectivity index (χ0n) is 10.8. The van der Waals surface area contributed by atoms with Gasteiger partial charge in [0, 0.05) is 18.5 Å². The smallest absolute Gasteiger partial charge is 0.303 e. The number of nitrogens with one attached hydrogen (secondary N) is 2. The maximum absolute atomic E-state index is 11.6. The van der Waals surface area contributed by atoms with Gasteiger partial charge in [0.25, 0.3) is 0 Å². The Bertz CT molecular complexity index is 576. The number of aromatic amines is 1. The molecule has 0 atom stereocenters. The standard InChI is InChI=1S/C14H15N3O3/c18-13(2-1-3-14(19)20)17-11-6-4-10(5-7-11)12-8-15-9-16-12/h4-9H,1-3H2,(H,15,16)(H,17,18)(H,19,20). The molecule has 2 rings (SSSR count). The number of imidazole rings is 1. The van der Waals surface area contributed by atoms with Crippen LogP contribution < -0.4 is 5.32 Å². The monoisotopic (exact) mass is 273 g/mol. The second kappa shape index (κ2) is 6.51. The van der Waals surface area contributed by atoms with E-state index in [4.69, 9.17) is 5.11 Å². The summed E-state index contributed by atoms with van der Waals surface area (Å²) in [6.07, 6.45) is 3.88. The van der Waals surface area contributed by atoms with E-state index in [-0.39, 0.29) is 18.7 Å². The summed E-state index contributed by atoms with van der Waals surface area (Å²) in [5.41, 5.74) is 2.57. The third-order valence-electron chi connectivity index (χ3n) is 2.77. The summed E-state index contributed by atoms with van der Waals surface area (Å²) in [6.45, 7) is 0. The van der Waals surface area contributed by atoms with E-state index in [1.54, 1.807) is 24.7 Å². The normalized spacial score (nSPS) is 10.2. The maximum atomic E-state index is 11.6. The molecule has 0 aliphatic rings. The molecule has 0 bridgehead atoms. The molecule has 6 nitrogen and oxygen atoms in total. The van der Waals surface area contributed by atoms with Crippen LogP contribution in [0.3, 0.4) is 0 Å². The molecular weight excluding hydrogens is 258 g/mol. The van der Waals surface area contributed by atoms with Crippen molar-refractivity contribution in [2.75, 3.05) is 5.32 Å². The molecule has 0 spiro atoms. The van der Waals surface area contributed by atoms with E-state index in [2.05, 4.69) is 15.3 Å². The first-order chi connectivity index (χ1) is 9.65. The number of aliphatic carboxylic acids is 1. The zero-order chi connectivity index (χ0) is 14.4. The third-order valence-corrected chi connectivity index (χ3v) is 2.77. The number of benzene rings is 1. The molecule has 0 saturated carbocycles. The van der Waals surface area contributed by atoms with Crippen LogP contribution in [0.1, 0.15) is 19.3 Å². The molecule has 0 aliphatic carbocycles. The highest BCUT2D eigenvalue weighted by Crippen LogP contribution is 2.18. The van der Waals surface area contributed by atoms with Crippen LogP contribution in [0, 0.1) is 0 Å². The van der Waals surface area contributed by atoms with Gasteiger partial charge >= 0.3 is 5.97 Å². The van der Waals surface area contributed by atoms with Crippen molar-refractivity contribution in [3.05, 3.63) is 36.8 Å². The van der Waals surface area contributed by atoms with Crippen LogP contribution in [0.2, 0.25) is 0 Å². The van der Waals surface area contributed by atoms with Gasteiger partial charge in [-0.2, -0.15) is 0 Å². The Labute approximate surface area is 115 Å². The van der Waals surface area contributed by atoms with Crippen LogP contribution in [-0.4, -0.2) is 27.0 Å². The summed E-state index contributed by atoms with van der Waals surface area (Å²) in [5.74, 6) is -1.07. The second-order valence-electron chi connectivity index (χ2n) is 4.34. The Hall–Kier alpha value is -2.63. The highest BCUT2D eigenvalue weighted by atomic mass is 16.4. The molecule has 2 aromatic rings. The Balaban J connectivity index is 1.87. The van der Waals surface area contributed by atoms with Crippen molar-refractivity contribution in [2.24, 2.45) is 0 Å². The molecule has 0 radical (unpaired) electrons. The summed E-state index contributed by atoms with van der Waals surface area (Å²) in [7, 11) is 0. The van der Waals surface area contributed by atoms with Gasteiger partial charge in [0.05, 0.1) is 18.2 Å². The minimum Gasteiger partial charge on any atom is -0.481 e. The molecule has 1 amide bonds. The molecule has 3 N–H and O–H groups in total. The number of carboxylic acids is 1. The third kappa shape index (κ3) is 3.94. The summed E-state index contributed by atoms with van der Waals surface area (Å²) in [5, 5.41) is 11.2. The number of rotatable bonds is 6. The fourth-order valence-corrected chi connectivity index (χ4v) is 1.77. The fraction of sp³-hybridized carbons (Fsp3) is 0.214. The number of carbonyl (C=O) groups excluding carboxylic acids is 1. The first kappa shape index (κ1) is 13.8. The van der Waals surface area contributed by atoms with Crippen molar-refractivity contribution in [1.29, 1.82) is 0 Å². The minimum absolute atomic E-state index is 0.00613. The van der Waals surface area contributed by atoms with Crippen molar-refractivity contribution in [1.82, 2.24) is 9.97 Å². The lowest BCUT2D eigenvalue weighted by Gasteiger charge is -2.05. The predicted octanol–water partition coefficient (Wildman–Crippen LogP) is 2.27. The number of carbonyl (C=O) groups is 2. The number of amides is 1. The number of hydrogen-bond donors (Lipinski definition) is 3. The van der Waals surface area contributed by atoms with Gasteiger partial charge in [0.1, 0.15) is 0 Å². The van der Waals surface area contributed by atoms with Gasteiger partial charge in [0.2, 0.25) is 5.91 Å². The van der Waals surface area contributed by atoms with E-state index in [0.29, 0.717) is 12.1 Å². The fourth-order valence-electron chi connectivity index (χ4n) is 1.77. The maximum Gasteiger partial charge on any atom is 0.303 e. The van der Waals surface area contributed by atoms with Crippen LogP contribution in [0.4, 0.5) is 5.69 Å². The molecule has 0 unspecified atom stereocenters. The highest BCUT2D eigenvalue weighted by molar-refractivity contribution is 5.91. The van der Waals surface area contributed by atoms with Gasteiger partial charge in [-0.1, -0.05) is 12.1 Å². The van der Waals surface area contributed by atoms with Gasteiger partial charge in [-0.15, -0.1) is 0 Å². The molecule has 0 aliphatic heterocycles. The lowest BCUT2D eigenvalue weighted by atomic mass is 10.1. The number of aromatic nitrogens is 2. The van der Waals surface area contributed by atoms with Gasteiger partial charge in [-0.3, -0.25) is 9.59 Å². The lowest BCUT2D eigenvalue weighted by Crippen LogP contribution is -2.11. The number of nitrogens with zero attached hydrogens (tertiary/aromatic N) is 1.